The quantitative estimate of drug-likeness (QED) is 0.883. The van der Waals surface area contributed by atoms with Crippen molar-refractivity contribution in [1.82, 2.24) is 20.2 Å². The molecule has 0 amide bonds. The van der Waals surface area contributed by atoms with E-state index in [0.29, 0.717) is 22.5 Å². The van der Waals surface area contributed by atoms with Crippen molar-refractivity contribution in [3.63, 3.8) is 0 Å². The van der Waals surface area contributed by atoms with E-state index in [0.717, 1.165) is 0 Å². The lowest BCUT2D eigenvalue weighted by molar-refractivity contribution is -0.138. The van der Waals surface area contributed by atoms with E-state index in [-0.39, 0.29) is 17.9 Å². The first-order valence-electron chi connectivity index (χ1n) is 6.51. The molecule has 0 spiro atoms. The van der Waals surface area contributed by atoms with Crippen molar-refractivity contribution < 1.29 is 14.3 Å². The highest BCUT2D eigenvalue weighted by Crippen LogP contribution is 2.34. The van der Waals surface area contributed by atoms with Crippen molar-refractivity contribution in [2.75, 3.05) is 0 Å². The van der Waals surface area contributed by atoms with Gasteiger partial charge < -0.3 is 9.52 Å². The first-order chi connectivity index (χ1) is 9.78. The Kier molecular flexibility index (Phi) is 4.46. The van der Waals surface area contributed by atoms with Crippen molar-refractivity contribution in [3.05, 3.63) is 17.0 Å². The first kappa shape index (κ1) is 15.7. The molecule has 8 heteroatoms. The maximum Gasteiger partial charge on any atom is 0.305 e. The van der Waals surface area contributed by atoms with Crippen LogP contribution in [0.2, 0.25) is 0 Å². The summed E-state index contributed by atoms with van der Waals surface area (Å²) in [6, 6.07) is 1.41. The van der Waals surface area contributed by atoms with E-state index in [9.17, 15) is 4.79 Å². The number of aliphatic carboxylic acids is 1. The van der Waals surface area contributed by atoms with Crippen LogP contribution < -0.4 is 0 Å². The molecule has 0 saturated carbocycles. The van der Waals surface area contributed by atoms with Gasteiger partial charge in [-0.15, -0.1) is 5.10 Å². The number of nitrogens with zero attached hydrogens (tertiary/aromatic N) is 4. The van der Waals surface area contributed by atoms with E-state index in [1.807, 2.05) is 0 Å². The second kappa shape index (κ2) is 5.97. The minimum Gasteiger partial charge on any atom is -0.481 e. The minimum absolute atomic E-state index is 0.0369. The van der Waals surface area contributed by atoms with E-state index < -0.39 is 5.97 Å². The second-order valence-electron chi connectivity index (χ2n) is 6.07. The highest BCUT2D eigenvalue weighted by Gasteiger charge is 2.27. The molecule has 0 aromatic carbocycles. The second-order valence-corrected chi connectivity index (χ2v) is 6.79. The number of rotatable bonds is 5. The van der Waals surface area contributed by atoms with Gasteiger partial charge in [-0.1, -0.05) is 20.8 Å². The molecule has 0 aliphatic rings. The number of carbonyl (C=O) groups is 1. The Hall–Kier alpha value is -1.70. The number of aromatic nitrogens is 4. The monoisotopic (exact) mass is 356 g/mol. The number of tetrazole rings is 1. The Morgan fingerprint density at radius 3 is 2.76 bits per heavy atom. The van der Waals surface area contributed by atoms with Gasteiger partial charge in [0.2, 0.25) is 0 Å². The van der Waals surface area contributed by atoms with Gasteiger partial charge in [0.25, 0.3) is 0 Å². The van der Waals surface area contributed by atoms with Crippen LogP contribution in [0.15, 0.2) is 21.4 Å². The summed E-state index contributed by atoms with van der Waals surface area (Å²) in [5.41, 5.74) is 0.654. The van der Waals surface area contributed by atoms with Crippen LogP contribution in [0.25, 0.3) is 11.4 Å². The summed E-state index contributed by atoms with van der Waals surface area (Å²) in [4.78, 5) is 11.1. The predicted molar refractivity (Wildman–Crippen MR) is 78.6 cm³/mol. The van der Waals surface area contributed by atoms with Gasteiger partial charge in [0.1, 0.15) is 0 Å². The van der Waals surface area contributed by atoms with Gasteiger partial charge in [-0.05, 0) is 44.3 Å². The highest BCUT2D eigenvalue weighted by atomic mass is 79.9. The molecule has 0 saturated heterocycles. The lowest BCUT2D eigenvalue weighted by Gasteiger charge is -2.25. The fourth-order valence-corrected chi connectivity index (χ4v) is 2.64. The number of hydrogen-bond acceptors (Lipinski definition) is 5. The molecule has 0 aliphatic heterocycles. The van der Waals surface area contributed by atoms with Gasteiger partial charge in [-0.2, -0.15) is 0 Å². The SMILES string of the molecule is CC(C)(C)CC(CC(=O)O)n1nnnc1-c1ccoc1Br. The Balaban J connectivity index is 2.39. The molecule has 0 aliphatic carbocycles. The van der Waals surface area contributed by atoms with E-state index >= 15 is 0 Å². The number of halogens is 1. The summed E-state index contributed by atoms with van der Waals surface area (Å²) in [5.74, 6) is -0.386. The summed E-state index contributed by atoms with van der Waals surface area (Å²) in [6.45, 7) is 6.17. The summed E-state index contributed by atoms with van der Waals surface area (Å²) in [7, 11) is 0. The summed E-state index contributed by atoms with van der Waals surface area (Å²) in [5, 5.41) is 20.8. The fourth-order valence-electron chi connectivity index (χ4n) is 2.22. The van der Waals surface area contributed by atoms with Gasteiger partial charge in [-0.25, -0.2) is 4.68 Å². The molecule has 21 heavy (non-hydrogen) atoms. The molecule has 7 nitrogen and oxygen atoms in total. The van der Waals surface area contributed by atoms with Crippen LogP contribution in [-0.2, 0) is 4.79 Å². The lowest BCUT2D eigenvalue weighted by atomic mass is 9.87. The molecule has 0 bridgehead atoms. The topological polar surface area (TPSA) is 94.0 Å². The number of carboxylic acids is 1. The van der Waals surface area contributed by atoms with Crippen LogP contribution in [0.5, 0.6) is 0 Å². The molecule has 0 fully saturated rings. The lowest BCUT2D eigenvalue weighted by Crippen LogP contribution is -2.22. The van der Waals surface area contributed by atoms with Crippen LogP contribution >= 0.6 is 15.9 Å². The molecule has 2 rings (SSSR count). The Morgan fingerprint density at radius 1 is 1.52 bits per heavy atom. The fraction of sp³-hybridized carbons (Fsp3) is 0.538. The third-order valence-corrected chi connectivity index (χ3v) is 3.57. The molecule has 0 radical (unpaired) electrons. The maximum absolute atomic E-state index is 11.1. The van der Waals surface area contributed by atoms with Gasteiger partial charge >= 0.3 is 5.97 Å². The largest absolute Gasteiger partial charge is 0.481 e. The van der Waals surface area contributed by atoms with Crippen molar-refractivity contribution >= 4 is 21.9 Å². The highest BCUT2D eigenvalue weighted by molar-refractivity contribution is 9.10. The molecule has 2 aromatic rings. The molecule has 2 aromatic heterocycles. The number of furan rings is 1. The zero-order valence-corrected chi connectivity index (χ0v) is 13.7. The Morgan fingerprint density at radius 2 is 2.24 bits per heavy atom. The van der Waals surface area contributed by atoms with Crippen molar-refractivity contribution in [2.45, 2.75) is 39.7 Å². The molecule has 2 heterocycles. The van der Waals surface area contributed by atoms with Crippen molar-refractivity contribution in [3.8, 4) is 11.4 Å². The Labute approximate surface area is 130 Å². The number of carboxylic acid groups (broad SMARTS) is 1. The zero-order chi connectivity index (χ0) is 15.6. The molecule has 114 valence electrons. The van der Waals surface area contributed by atoms with E-state index in [2.05, 4.69) is 52.2 Å². The average molecular weight is 357 g/mol. The van der Waals surface area contributed by atoms with Gasteiger partial charge in [0.15, 0.2) is 10.5 Å². The van der Waals surface area contributed by atoms with Gasteiger partial charge in [0.05, 0.1) is 24.3 Å². The summed E-state index contributed by atoms with van der Waals surface area (Å²) >= 11 is 3.29. The first-order valence-corrected chi connectivity index (χ1v) is 7.30. The van der Waals surface area contributed by atoms with Gasteiger partial charge in [0, 0.05) is 0 Å². The van der Waals surface area contributed by atoms with Crippen LogP contribution in [-0.4, -0.2) is 31.3 Å². The summed E-state index contributed by atoms with van der Waals surface area (Å²) in [6.07, 6.45) is 2.13. The van der Waals surface area contributed by atoms with Crippen LogP contribution in [0.3, 0.4) is 0 Å². The molecular formula is C13H17BrN4O3. The normalized spacial score (nSPS) is 13.3. The van der Waals surface area contributed by atoms with Crippen molar-refractivity contribution in [2.24, 2.45) is 5.41 Å². The van der Waals surface area contributed by atoms with Crippen LogP contribution in [0, 0.1) is 5.41 Å². The van der Waals surface area contributed by atoms with E-state index in [4.69, 9.17) is 9.52 Å². The van der Waals surface area contributed by atoms with Crippen molar-refractivity contribution in [1.29, 1.82) is 0 Å². The average Bonchev–Trinajstić information content (AvgIpc) is 2.93. The van der Waals surface area contributed by atoms with Gasteiger partial charge in [-0.3, -0.25) is 4.79 Å². The third kappa shape index (κ3) is 3.90. The third-order valence-electron chi connectivity index (χ3n) is 2.96. The van der Waals surface area contributed by atoms with Crippen LogP contribution in [0.4, 0.5) is 0 Å². The van der Waals surface area contributed by atoms with E-state index in [1.165, 1.54) is 6.26 Å². The molecule has 1 atom stereocenters. The zero-order valence-electron chi connectivity index (χ0n) is 12.1. The number of hydrogen-bond donors (Lipinski definition) is 1. The maximum atomic E-state index is 11.1. The minimum atomic E-state index is -0.878. The van der Waals surface area contributed by atoms with E-state index in [1.54, 1.807) is 10.7 Å². The standard InChI is InChI=1S/C13H17BrN4O3/c1-13(2,3)7-8(6-10(19)20)18-12(15-16-17-18)9-4-5-21-11(9)14/h4-5,8H,6-7H2,1-3H3,(H,19,20). The molecule has 1 unspecified atom stereocenters. The smallest absolute Gasteiger partial charge is 0.305 e. The predicted octanol–water partition coefficient (Wildman–Crippen LogP) is 3.15. The van der Waals surface area contributed by atoms with Crippen LogP contribution in [0.1, 0.15) is 39.7 Å². The molecular weight excluding hydrogens is 340 g/mol. The molecule has 1 N–H and O–H groups in total. The summed E-state index contributed by atoms with van der Waals surface area (Å²) < 4.78 is 7.28. The Bertz CT molecular complexity index is 629.